The summed E-state index contributed by atoms with van der Waals surface area (Å²) < 4.78 is 1.46. The highest BCUT2D eigenvalue weighted by Gasteiger charge is 2.20. The fourth-order valence-electron chi connectivity index (χ4n) is 3.88. The Labute approximate surface area is 194 Å². The standard InChI is InChI=1S/C24H21ClN6O2/c25-16-10-12-17(13-11-16)26-24(33)28-21-14-20(15-6-2-1-3-7-15)30-31(21)23-27-19-9-5-4-8-18(19)22(32)29-23/h1-3,6-7,10-14H,4-5,8-9H2,(H2,26,28,33)(H,27,29,32). The second-order valence-corrected chi connectivity index (χ2v) is 8.24. The Morgan fingerprint density at radius 3 is 2.55 bits per heavy atom. The van der Waals surface area contributed by atoms with Crippen LogP contribution in [0.15, 0.2) is 65.5 Å². The van der Waals surface area contributed by atoms with Crippen molar-refractivity contribution in [3.63, 3.8) is 0 Å². The molecule has 2 aromatic heterocycles. The summed E-state index contributed by atoms with van der Waals surface area (Å²) in [6, 6.07) is 17.7. The number of fused-ring (bicyclic) bond motifs is 1. The van der Waals surface area contributed by atoms with Crippen LogP contribution in [0.1, 0.15) is 24.1 Å². The van der Waals surface area contributed by atoms with E-state index in [9.17, 15) is 9.59 Å². The lowest BCUT2D eigenvalue weighted by Crippen LogP contribution is -2.25. The number of amides is 2. The predicted octanol–water partition coefficient (Wildman–Crippen LogP) is 4.80. The maximum absolute atomic E-state index is 12.7. The lowest BCUT2D eigenvalue weighted by molar-refractivity contribution is 0.262. The maximum atomic E-state index is 12.7. The first-order valence-electron chi connectivity index (χ1n) is 10.7. The third kappa shape index (κ3) is 4.51. The number of rotatable bonds is 4. The molecule has 8 nitrogen and oxygen atoms in total. The molecule has 5 rings (SSSR count). The Morgan fingerprint density at radius 2 is 1.76 bits per heavy atom. The van der Waals surface area contributed by atoms with Gasteiger partial charge in [0, 0.05) is 27.9 Å². The molecule has 0 unspecified atom stereocenters. The summed E-state index contributed by atoms with van der Waals surface area (Å²) in [5.74, 6) is 0.642. The van der Waals surface area contributed by atoms with Crippen molar-refractivity contribution in [1.82, 2.24) is 19.7 Å². The quantitative estimate of drug-likeness (QED) is 0.407. The Morgan fingerprint density at radius 1 is 1.00 bits per heavy atom. The molecule has 2 amide bonds. The number of nitrogens with one attached hydrogen (secondary N) is 3. The summed E-state index contributed by atoms with van der Waals surface area (Å²) in [7, 11) is 0. The van der Waals surface area contributed by atoms with E-state index in [-0.39, 0.29) is 11.5 Å². The Balaban J connectivity index is 1.52. The highest BCUT2D eigenvalue weighted by Crippen LogP contribution is 2.25. The van der Waals surface area contributed by atoms with E-state index in [0.29, 0.717) is 22.2 Å². The number of aryl methyl sites for hydroxylation is 1. The molecule has 4 aromatic rings. The molecule has 0 saturated heterocycles. The van der Waals surface area contributed by atoms with Gasteiger partial charge in [0.15, 0.2) is 0 Å². The van der Waals surface area contributed by atoms with Crippen LogP contribution >= 0.6 is 11.6 Å². The van der Waals surface area contributed by atoms with Gasteiger partial charge in [-0.15, -0.1) is 0 Å². The highest BCUT2D eigenvalue weighted by atomic mass is 35.5. The number of aromatic amines is 1. The van der Waals surface area contributed by atoms with Gasteiger partial charge in [0.2, 0.25) is 5.95 Å². The van der Waals surface area contributed by atoms with Crippen LogP contribution in [0.25, 0.3) is 17.2 Å². The molecule has 0 aliphatic heterocycles. The summed E-state index contributed by atoms with van der Waals surface area (Å²) in [6.07, 6.45) is 3.44. The van der Waals surface area contributed by atoms with E-state index in [0.717, 1.165) is 42.5 Å². The lowest BCUT2D eigenvalue weighted by atomic mass is 9.97. The number of aromatic nitrogens is 4. The SMILES string of the molecule is O=C(Nc1ccc(Cl)cc1)Nc1cc(-c2ccccc2)nn1-c1nc2c(c(=O)[nH]1)CCCC2. The molecule has 1 aliphatic rings. The van der Waals surface area contributed by atoms with Crippen LogP contribution in [0.3, 0.4) is 0 Å². The van der Waals surface area contributed by atoms with Crippen molar-refractivity contribution in [2.45, 2.75) is 25.7 Å². The molecule has 1 aliphatic carbocycles. The van der Waals surface area contributed by atoms with E-state index >= 15 is 0 Å². The normalized spacial score (nSPS) is 12.8. The Kier molecular flexibility index (Phi) is 5.66. The number of anilines is 2. The number of benzene rings is 2. The van der Waals surface area contributed by atoms with Crippen LogP contribution in [0.5, 0.6) is 0 Å². The third-order valence-electron chi connectivity index (χ3n) is 5.50. The van der Waals surface area contributed by atoms with Gasteiger partial charge in [-0.05, 0) is 49.9 Å². The summed E-state index contributed by atoms with van der Waals surface area (Å²) in [5, 5.41) is 10.8. The highest BCUT2D eigenvalue weighted by molar-refractivity contribution is 6.30. The number of halogens is 1. The molecule has 2 heterocycles. The molecule has 3 N–H and O–H groups in total. The monoisotopic (exact) mass is 460 g/mol. The molecule has 9 heteroatoms. The van der Waals surface area contributed by atoms with Gasteiger partial charge in [0.25, 0.3) is 5.56 Å². The number of H-pyrrole nitrogens is 1. The number of urea groups is 1. The lowest BCUT2D eigenvalue weighted by Gasteiger charge is -2.15. The number of carbonyl (C=O) groups excluding carboxylic acids is 1. The summed E-state index contributed by atoms with van der Waals surface area (Å²) in [4.78, 5) is 32.9. The van der Waals surface area contributed by atoms with Gasteiger partial charge in [-0.3, -0.25) is 15.1 Å². The van der Waals surface area contributed by atoms with Crippen molar-refractivity contribution in [1.29, 1.82) is 0 Å². The second-order valence-electron chi connectivity index (χ2n) is 7.80. The molecule has 166 valence electrons. The number of nitrogens with zero attached hydrogens (tertiary/aromatic N) is 3. The van der Waals surface area contributed by atoms with E-state index in [1.54, 1.807) is 30.3 Å². The van der Waals surface area contributed by atoms with Crippen LogP contribution in [-0.4, -0.2) is 25.8 Å². The van der Waals surface area contributed by atoms with Gasteiger partial charge < -0.3 is 5.32 Å². The average molecular weight is 461 g/mol. The third-order valence-corrected chi connectivity index (χ3v) is 5.75. The first kappa shape index (κ1) is 21.0. The number of hydrogen-bond donors (Lipinski definition) is 3. The Bertz CT molecular complexity index is 1360. The van der Waals surface area contributed by atoms with Gasteiger partial charge in [0.05, 0.1) is 11.4 Å². The van der Waals surface area contributed by atoms with Crippen LogP contribution in [-0.2, 0) is 12.8 Å². The molecule has 0 spiro atoms. The van der Waals surface area contributed by atoms with E-state index < -0.39 is 6.03 Å². The minimum Gasteiger partial charge on any atom is -0.308 e. The van der Waals surface area contributed by atoms with Crippen molar-refractivity contribution >= 4 is 29.1 Å². The first-order valence-corrected chi connectivity index (χ1v) is 11.1. The van der Waals surface area contributed by atoms with Crippen molar-refractivity contribution in [3.05, 3.63) is 87.3 Å². The molecule has 0 radical (unpaired) electrons. The largest absolute Gasteiger partial charge is 0.324 e. The second kappa shape index (κ2) is 8.91. The smallest absolute Gasteiger partial charge is 0.308 e. The molecule has 0 atom stereocenters. The molecular formula is C24H21ClN6O2. The minimum absolute atomic E-state index is 0.164. The Hall–Kier alpha value is -3.91. The van der Waals surface area contributed by atoms with Crippen molar-refractivity contribution < 1.29 is 4.79 Å². The molecule has 33 heavy (non-hydrogen) atoms. The topological polar surface area (TPSA) is 105 Å². The molecule has 2 aromatic carbocycles. The minimum atomic E-state index is -0.460. The van der Waals surface area contributed by atoms with Gasteiger partial charge in [-0.1, -0.05) is 41.9 Å². The molecule has 0 fully saturated rings. The van der Waals surface area contributed by atoms with Crippen molar-refractivity contribution in [2.24, 2.45) is 0 Å². The first-order chi connectivity index (χ1) is 16.1. The van der Waals surface area contributed by atoms with E-state index in [2.05, 4.69) is 25.7 Å². The molecule has 0 saturated carbocycles. The fraction of sp³-hybridized carbons (Fsp3) is 0.167. The zero-order chi connectivity index (χ0) is 22.8. The van der Waals surface area contributed by atoms with Gasteiger partial charge in [0.1, 0.15) is 5.82 Å². The van der Waals surface area contributed by atoms with Crippen LogP contribution in [0, 0.1) is 0 Å². The van der Waals surface area contributed by atoms with Gasteiger partial charge >= 0.3 is 6.03 Å². The zero-order valence-electron chi connectivity index (χ0n) is 17.6. The predicted molar refractivity (Wildman–Crippen MR) is 128 cm³/mol. The molecular weight excluding hydrogens is 440 g/mol. The van der Waals surface area contributed by atoms with Crippen LogP contribution < -0.4 is 16.2 Å². The summed E-state index contributed by atoms with van der Waals surface area (Å²) in [5.41, 5.74) is 3.45. The van der Waals surface area contributed by atoms with E-state index in [4.69, 9.17) is 11.6 Å². The van der Waals surface area contributed by atoms with Crippen molar-refractivity contribution in [2.75, 3.05) is 10.6 Å². The van der Waals surface area contributed by atoms with E-state index in [1.807, 2.05) is 30.3 Å². The zero-order valence-corrected chi connectivity index (χ0v) is 18.4. The van der Waals surface area contributed by atoms with Crippen molar-refractivity contribution in [3.8, 4) is 17.2 Å². The van der Waals surface area contributed by atoms with Crippen LogP contribution in [0.2, 0.25) is 5.02 Å². The number of hydrogen-bond acceptors (Lipinski definition) is 4. The van der Waals surface area contributed by atoms with Crippen LogP contribution in [0.4, 0.5) is 16.3 Å². The fourth-order valence-corrected chi connectivity index (χ4v) is 4.01. The molecule has 0 bridgehead atoms. The number of carbonyl (C=O) groups is 1. The average Bonchev–Trinajstić information content (AvgIpc) is 3.25. The van der Waals surface area contributed by atoms with Gasteiger partial charge in [-0.25, -0.2) is 9.78 Å². The van der Waals surface area contributed by atoms with Gasteiger partial charge in [-0.2, -0.15) is 9.78 Å². The maximum Gasteiger partial charge on any atom is 0.324 e. The summed E-state index contributed by atoms with van der Waals surface area (Å²) in [6.45, 7) is 0. The van der Waals surface area contributed by atoms with E-state index in [1.165, 1.54) is 4.68 Å². The summed E-state index contributed by atoms with van der Waals surface area (Å²) >= 11 is 5.91.